The van der Waals surface area contributed by atoms with E-state index in [4.69, 9.17) is 28.6 Å². The second-order valence-corrected chi connectivity index (χ2v) is 5.56. The van der Waals surface area contributed by atoms with Crippen molar-refractivity contribution < 1.29 is 9.13 Å². The number of hydrogen-bond donors (Lipinski definition) is 1. The summed E-state index contributed by atoms with van der Waals surface area (Å²) in [5, 5.41) is 3.62. The van der Waals surface area contributed by atoms with Crippen molar-refractivity contribution >= 4 is 34.6 Å². The molecule has 0 bridgehead atoms. The van der Waals surface area contributed by atoms with Gasteiger partial charge in [0.15, 0.2) is 5.11 Å². The average molecular weight is 339 g/mol. The molecule has 0 fully saturated rings. The minimum absolute atomic E-state index is 0.0607. The van der Waals surface area contributed by atoms with Gasteiger partial charge in [-0.3, -0.25) is 0 Å². The molecule has 0 saturated carbocycles. The number of nitrogens with zero attached hydrogens (tertiary/aromatic N) is 1. The molecule has 0 saturated heterocycles. The molecule has 22 heavy (non-hydrogen) atoms. The van der Waals surface area contributed by atoms with Crippen molar-refractivity contribution in [1.82, 2.24) is 4.90 Å². The average Bonchev–Trinajstić information content (AvgIpc) is 2.51. The molecule has 0 aromatic heterocycles. The first kappa shape index (κ1) is 16.5. The first-order valence-electron chi connectivity index (χ1n) is 6.59. The lowest BCUT2D eigenvalue weighted by molar-refractivity contribution is 0.414. The molecule has 116 valence electrons. The van der Waals surface area contributed by atoms with Gasteiger partial charge in [0.05, 0.1) is 12.1 Å². The Morgan fingerprint density at radius 3 is 2.55 bits per heavy atom. The number of nitrogens with one attached hydrogen (secondary N) is 1. The SMILES string of the molecule is COc1ccc(CN(C)C(=S)Nc2ccc(F)c(Cl)c2)cc1. The molecule has 2 aromatic rings. The first-order chi connectivity index (χ1) is 10.5. The van der Waals surface area contributed by atoms with Gasteiger partial charge in [0, 0.05) is 19.3 Å². The maximum absolute atomic E-state index is 13.1. The minimum atomic E-state index is -0.454. The quantitative estimate of drug-likeness (QED) is 0.839. The molecule has 0 amide bonds. The second kappa shape index (κ2) is 7.42. The second-order valence-electron chi connectivity index (χ2n) is 4.76. The molecule has 2 aromatic carbocycles. The van der Waals surface area contributed by atoms with Crippen LogP contribution in [0.3, 0.4) is 0 Å². The molecular formula is C16H16ClFN2OS. The van der Waals surface area contributed by atoms with E-state index in [-0.39, 0.29) is 5.02 Å². The van der Waals surface area contributed by atoms with Gasteiger partial charge >= 0.3 is 0 Å². The smallest absolute Gasteiger partial charge is 0.173 e. The zero-order valence-electron chi connectivity index (χ0n) is 12.3. The summed E-state index contributed by atoms with van der Waals surface area (Å²) in [6, 6.07) is 12.2. The van der Waals surface area contributed by atoms with E-state index in [9.17, 15) is 4.39 Å². The summed E-state index contributed by atoms with van der Waals surface area (Å²) in [6.07, 6.45) is 0. The van der Waals surface area contributed by atoms with Crippen LogP contribution in [0.15, 0.2) is 42.5 Å². The van der Waals surface area contributed by atoms with Crippen molar-refractivity contribution in [2.45, 2.75) is 6.54 Å². The number of thiocarbonyl (C=S) groups is 1. The number of hydrogen-bond acceptors (Lipinski definition) is 2. The maximum atomic E-state index is 13.1. The monoisotopic (exact) mass is 338 g/mol. The molecule has 0 spiro atoms. The predicted molar refractivity (Wildman–Crippen MR) is 92.1 cm³/mol. The van der Waals surface area contributed by atoms with Crippen LogP contribution in [0.5, 0.6) is 5.75 Å². The van der Waals surface area contributed by atoms with Crippen LogP contribution in [-0.4, -0.2) is 24.2 Å². The van der Waals surface area contributed by atoms with E-state index >= 15 is 0 Å². The van der Waals surface area contributed by atoms with Crippen molar-refractivity contribution in [1.29, 1.82) is 0 Å². The Labute approximate surface area is 139 Å². The van der Waals surface area contributed by atoms with Gasteiger partial charge in [0.25, 0.3) is 0 Å². The summed E-state index contributed by atoms with van der Waals surface area (Å²) in [7, 11) is 3.51. The third-order valence-corrected chi connectivity index (χ3v) is 3.80. The number of benzene rings is 2. The van der Waals surface area contributed by atoms with Crippen LogP contribution in [0.2, 0.25) is 5.02 Å². The molecule has 0 aliphatic rings. The zero-order chi connectivity index (χ0) is 16.1. The van der Waals surface area contributed by atoms with Gasteiger partial charge in [-0.15, -0.1) is 0 Å². The van der Waals surface area contributed by atoms with Crippen LogP contribution in [0.25, 0.3) is 0 Å². The van der Waals surface area contributed by atoms with Crippen molar-refractivity contribution in [2.75, 3.05) is 19.5 Å². The summed E-state index contributed by atoms with van der Waals surface area (Å²) in [5.41, 5.74) is 1.75. The molecule has 3 nitrogen and oxygen atoms in total. The molecule has 6 heteroatoms. The zero-order valence-corrected chi connectivity index (χ0v) is 13.8. The van der Waals surface area contributed by atoms with Crippen LogP contribution >= 0.6 is 23.8 Å². The first-order valence-corrected chi connectivity index (χ1v) is 7.38. The highest BCUT2D eigenvalue weighted by atomic mass is 35.5. The number of halogens is 2. The standard InChI is InChI=1S/C16H16ClFN2OS/c1-20(10-11-3-6-13(21-2)7-4-11)16(22)19-12-5-8-15(18)14(17)9-12/h3-9H,10H2,1-2H3,(H,19,22). The maximum Gasteiger partial charge on any atom is 0.173 e. The largest absolute Gasteiger partial charge is 0.497 e. The number of anilines is 1. The van der Waals surface area contributed by atoms with Crippen LogP contribution in [0.4, 0.5) is 10.1 Å². The van der Waals surface area contributed by atoms with E-state index in [0.717, 1.165) is 11.3 Å². The lowest BCUT2D eigenvalue weighted by atomic mass is 10.2. The highest BCUT2D eigenvalue weighted by Crippen LogP contribution is 2.20. The van der Waals surface area contributed by atoms with E-state index in [1.165, 1.54) is 12.1 Å². The van der Waals surface area contributed by atoms with Gasteiger partial charge in [-0.2, -0.15) is 0 Å². The summed E-state index contributed by atoms with van der Waals surface area (Å²) in [6.45, 7) is 0.644. The number of methoxy groups -OCH3 is 1. The molecule has 1 N–H and O–H groups in total. The lowest BCUT2D eigenvalue weighted by Crippen LogP contribution is -2.30. The molecule has 0 radical (unpaired) electrons. The summed E-state index contributed by atoms with van der Waals surface area (Å²) >= 11 is 11.1. The summed E-state index contributed by atoms with van der Waals surface area (Å²) in [4.78, 5) is 1.88. The topological polar surface area (TPSA) is 24.5 Å². The molecule has 0 aliphatic carbocycles. The van der Waals surface area contributed by atoms with Crippen molar-refractivity contribution in [2.24, 2.45) is 0 Å². The van der Waals surface area contributed by atoms with E-state index in [0.29, 0.717) is 17.3 Å². The lowest BCUT2D eigenvalue weighted by Gasteiger charge is -2.21. The van der Waals surface area contributed by atoms with Crippen LogP contribution in [0, 0.1) is 5.82 Å². The van der Waals surface area contributed by atoms with E-state index in [1.807, 2.05) is 36.2 Å². The highest BCUT2D eigenvalue weighted by Gasteiger charge is 2.07. The van der Waals surface area contributed by atoms with Crippen molar-refractivity contribution in [3.63, 3.8) is 0 Å². The fourth-order valence-corrected chi connectivity index (χ4v) is 2.23. The van der Waals surface area contributed by atoms with Crippen LogP contribution in [0.1, 0.15) is 5.56 Å². The van der Waals surface area contributed by atoms with Gasteiger partial charge < -0.3 is 15.0 Å². The van der Waals surface area contributed by atoms with Crippen molar-refractivity contribution in [3.8, 4) is 5.75 Å². The molecule has 0 unspecified atom stereocenters. The number of rotatable bonds is 4. The number of ether oxygens (including phenoxy) is 1. The molecule has 0 atom stereocenters. The fourth-order valence-electron chi connectivity index (χ4n) is 1.87. The van der Waals surface area contributed by atoms with Gasteiger partial charge in [-0.1, -0.05) is 23.7 Å². The Balaban J connectivity index is 1.97. The van der Waals surface area contributed by atoms with E-state index < -0.39 is 5.82 Å². The van der Waals surface area contributed by atoms with Gasteiger partial charge in [0.1, 0.15) is 11.6 Å². The Kier molecular flexibility index (Phi) is 5.57. The Hall–Kier alpha value is -1.85. The Morgan fingerprint density at radius 1 is 1.27 bits per heavy atom. The molecule has 0 aliphatic heterocycles. The molecular weight excluding hydrogens is 323 g/mol. The predicted octanol–water partition coefficient (Wildman–Crippen LogP) is 4.32. The van der Waals surface area contributed by atoms with Crippen LogP contribution in [-0.2, 0) is 6.54 Å². The third-order valence-electron chi connectivity index (χ3n) is 3.10. The van der Waals surface area contributed by atoms with Gasteiger partial charge in [-0.05, 0) is 48.1 Å². The molecule has 0 heterocycles. The summed E-state index contributed by atoms with van der Waals surface area (Å²) in [5.74, 6) is 0.359. The molecule has 2 rings (SSSR count). The normalized spacial score (nSPS) is 10.2. The van der Waals surface area contributed by atoms with E-state index in [2.05, 4.69) is 5.32 Å². The third kappa shape index (κ3) is 4.32. The highest BCUT2D eigenvalue weighted by molar-refractivity contribution is 7.80. The van der Waals surface area contributed by atoms with E-state index in [1.54, 1.807) is 13.2 Å². The van der Waals surface area contributed by atoms with Crippen LogP contribution < -0.4 is 10.1 Å². The Bertz CT molecular complexity index is 664. The minimum Gasteiger partial charge on any atom is -0.497 e. The van der Waals surface area contributed by atoms with Gasteiger partial charge in [0.2, 0.25) is 0 Å². The fraction of sp³-hybridized carbons (Fsp3) is 0.188. The van der Waals surface area contributed by atoms with Gasteiger partial charge in [-0.25, -0.2) is 4.39 Å². The van der Waals surface area contributed by atoms with Crippen molar-refractivity contribution in [3.05, 3.63) is 58.9 Å². The summed E-state index contributed by atoms with van der Waals surface area (Å²) < 4.78 is 18.3. The Morgan fingerprint density at radius 2 is 1.95 bits per heavy atom.